The topological polar surface area (TPSA) is 84.2 Å². The summed E-state index contributed by atoms with van der Waals surface area (Å²) in [5, 5.41) is 9.51. The van der Waals surface area contributed by atoms with Crippen LogP contribution in [0.3, 0.4) is 0 Å². The van der Waals surface area contributed by atoms with Crippen LogP contribution in [0.25, 0.3) is 0 Å². The van der Waals surface area contributed by atoms with Crippen LogP contribution in [-0.4, -0.2) is 23.9 Å². The number of thiophene rings is 1. The lowest BCUT2D eigenvalue weighted by Crippen LogP contribution is -2.40. The van der Waals surface area contributed by atoms with Gasteiger partial charge in [0, 0.05) is 17.5 Å². The van der Waals surface area contributed by atoms with E-state index in [1.165, 1.54) is 11.3 Å². The minimum atomic E-state index is -0.208. The normalized spacial score (nSPS) is 19.6. The third kappa shape index (κ3) is 5.04. The second-order valence-electron chi connectivity index (χ2n) is 6.10. The van der Waals surface area contributed by atoms with Crippen molar-refractivity contribution in [2.45, 2.75) is 37.8 Å². The van der Waals surface area contributed by atoms with Gasteiger partial charge in [0.15, 0.2) is 0 Å². The van der Waals surface area contributed by atoms with E-state index < -0.39 is 0 Å². The Bertz CT molecular complexity index is 713. The first kappa shape index (κ1) is 19.4. The van der Waals surface area contributed by atoms with E-state index in [9.17, 15) is 9.59 Å². The first-order valence-corrected chi connectivity index (χ1v) is 9.07. The van der Waals surface area contributed by atoms with Crippen molar-refractivity contribution in [1.82, 2.24) is 5.32 Å². The first-order chi connectivity index (χ1) is 11.6. The molecule has 0 unspecified atom stereocenters. The average Bonchev–Trinajstić information content (AvgIpc) is 3.12. The van der Waals surface area contributed by atoms with Crippen molar-refractivity contribution in [1.29, 1.82) is 0 Å². The number of rotatable bonds is 4. The molecule has 5 nitrogen and oxygen atoms in total. The van der Waals surface area contributed by atoms with Crippen molar-refractivity contribution < 1.29 is 9.59 Å². The van der Waals surface area contributed by atoms with Gasteiger partial charge in [-0.15, -0.1) is 12.4 Å². The fraction of sp³-hybridized carbons (Fsp3) is 0.333. The molecule has 1 heterocycles. The molecular weight excluding hydrogens is 358 g/mol. The molecule has 0 spiro atoms. The van der Waals surface area contributed by atoms with E-state index >= 15 is 0 Å². The first-order valence-electron chi connectivity index (χ1n) is 8.12. The molecule has 3 rings (SSSR count). The van der Waals surface area contributed by atoms with E-state index in [4.69, 9.17) is 5.73 Å². The SMILES string of the molecule is Cl.NC1CCC(NC(=O)c2ccccc2NC(=O)c2ccsc2)CC1. The lowest BCUT2D eigenvalue weighted by Gasteiger charge is -2.27. The lowest BCUT2D eigenvalue weighted by atomic mass is 9.91. The highest BCUT2D eigenvalue weighted by Gasteiger charge is 2.22. The summed E-state index contributed by atoms with van der Waals surface area (Å²) < 4.78 is 0. The van der Waals surface area contributed by atoms with Gasteiger partial charge >= 0.3 is 0 Å². The van der Waals surface area contributed by atoms with Gasteiger partial charge in [-0.2, -0.15) is 11.3 Å². The molecule has 1 saturated carbocycles. The maximum absolute atomic E-state index is 12.6. The summed E-state index contributed by atoms with van der Waals surface area (Å²) in [6.45, 7) is 0. The molecule has 1 fully saturated rings. The number of halogens is 1. The van der Waals surface area contributed by atoms with E-state index in [1.807, 2.05) is 5.38 Å². The van der Waals surface area contributed by atoms with Crippen LogP contribution in [0.1, 0.15) is 46.4 Å². The molecular formula is C18H22ClN3O2S. The molecule has 7 heteroatoms. The molecule has 0 saturated heterocycles. The zero-order valence-electron chi connectivity index (χ0n) is 13.7. The van der Waals surface area contributed by atoms with Gasteiger partial charge in [0.1, 0.15) is 0 Å². The van der Waals surface area contributed by atoms with Gasteiger partial charge in [-0.1, -0.05) is 12.1 Å². The average molecular weight is 380 g/mol. The molecule has 0 radical (unpaired) electrons. The molecule has 25 heavy (non-hydrogen) atoms. The summed E-state index contributed by atoms with van der Waals surface area (Å²) in [5.74, 6) is -0.364. The smallest absolute Gasteiger partial charge is 0.256 e. The zero-order chi connectivity index (χ0) is 16.9. The van der Waals surface area contributed by atoms with E-state index in [-0.39, 0.29) is 36.3 Å². The highest BCUT2D eigenvalue weighted by Crippen LogP contribution is 2.20. The highest BCUT2D eigenvalue weighted by molar-refractivity contribution is 7.08. The summed E-state index contributed by atoms with van der Waals surface area (Å²) in [5.41, 5.74) is 7.51. The number of anilines is 1. The fourth-order valence-electron chi connectivity index (χ4n) is 2.90. The standard InChI is InChI=1S/C18H21N3O2S.ClH/c19-13-5-7-14(8-6-13)20-18(23)15-3-1-2-4-16(15)21-17(22)12-9-10-24-11-12;/h1-4,9-11,13-14H,5-8,19H2,(H,20,23)(H,21,22);1H. The summed E-state index contributed by atoms with van der Waals surface area (Å²) in [4.78, 5) is 24.8. The second kappa shape index (κ2) is 8.99. The van der Waals surface area contributed by atoms with Crippen LogP contribution in [0.15, 0.2) is 41.1 Å². The second-order valence-corrected chi connectivity index (χ2v) is 6.88. The number of hydrogen-bond acceptors (Lipinski definition) is 4. The quantitative estimate of drug-likeness (QED) is 0.760. The molecule has 0 bridgehead atoms. The van der Waals surface area contributed by atoms with Crippen LogP contribution in [0, 0.1) is 0 Å². The molecule has 4 N–H and O–H groups in total. The monoisotopic (exact) mass is 379 g/mol. The Morgan fingerprint density at radius 2 is 1.76 bits per heavy atom. The Morgan fingerprint density at radius 1 is 1.04 bits per heavy atom. The van der Waals surface area contributed by atoms with Crippen LogP contribution in [0.5, 0.6) is 0 Å². The van der Waals surface area contributed by atoms with Crippen LogP contribution >= 0.6 is 23.7 Å². The minimum Gasteiger partial charge on any atom is -0.349 e. The number of nitrogens with one attached hydrogen (secondary N) is 2. The molecule has 1 aromatic heterocycles. The Morgan fingerprint density at radius 3 is 2.44 bits per heavy atom. The Kier molecular flexibility index (Phi) is 6.99. The lowest BCUT2D eigenvalue weighted by molar-refractivity contribution is 0.0927. The highest BCUT2D eigenvalue weighted by atomic mass is 35.5. The number of hydrogen-bond donors (Lipinski definition) is 3. The third-order valence-corrected chi connectivity index (χ3v) is 4.99. The predicted octanol–water partition coefficient (Wildman–Crippen LogP) is 3.42. The number of amides is 2. The van der Waals surface area contributed by atoms with Crippen molar-refractivity contribution >= 4 is 41.2 Å². The van der Waals surface area contributed by atoms with Gasteiger partial charge in [0.25, 0.3) is 11.8 Å². The summed E-state index contributed by atoms with van der Waals surface area (Å²) in [7, 11) is 0. The summed E-state index contributed by atoms with van der Waals surface area (Å²) >= 11 is 1.46. The summed E-state index contributed by atoms with van der Waals surface area (Å²) in [6, 6.07) is 9.23. The third-order valence-electron chi connectivity index (χ3n) is 4.31. The number of nitrogens with two attached hydrogens (primary N) is 1. The number of benzene rings is 1. The molecule has 2 amide bonds. The van der Waals surface area contributed by atoms with Crippen molar-refractivity contribution in [3.63, 3.8) is 0 Å². The van der Waals surface area contributed by atoms with Crippen molar-refractivity contribution in [2.24, 2.45) is 5.73 Å². The molecule has 1 aromatic carbocycles. The predicted molar refractivity (Wildman–Crippen MR) is 104 cm³/mol. The van der Waals surface area contributed by atoms with E-state index in [1.54, 1.807) is 35.7 Å². The fourth-order valence-corrected chi connectivity index (χ4v) is 3.54. The van der Waals surface area contributed by atoms with Gasteiger partial charge in [-0.3, -0.25) is 9.59 Å². The summed E-state index contributed by atoms with van der Waals surface area (Å²) in [6.07, 6.45) is 3.66. The maximum Gasteiger partial charge on any atom is 0.256 e. The maximum atomic E-state index is 12.6. The van der Waals surface area contributed by atoms with E-state index in [0.29, 0.717) is 16.8 Å². The molecule has 1 aliphatic carbocycles. The number of carbonyl (C=O) groups excluding carboxylic acids is 2. The van der Waals surface area contributed by atoms with Crippen molar-refractivity contribution in [2.75, 3.05) is 5.32 Å². The van der Waals surface area contributed by atoms with E-state index in [0.717, 1.165) is 25.7 Å². The number of para-hydroxylation sites is 1. The zero-order valence-corrected chi connectivity index (χ0v) is 15.4. The Hall–Kier alpha value is -1.89. The van der Waals surface area contributed by atoms with Gasteiger partial charge in [0.2, 0.25) is 0 Å². The van der Waals surface area contributed by atoms with Crippen molar-refractivity contribution in [3.05, 3.63) is 52.2 Å². The van der Waals surface area contributed by atoms with Gasteiger partial charge in [-0.05, 0) is 49.3 Å². The molecule has 0 atom stereocenters. The minimum absolute atomic E-state index is 0. The van der Waals surface area contributed by atoms with Crippen molar-refractivity contribution in [3.8, 4) is 0 Å². The van der Waals surface area contributed by atoms with Crippen LogP contribution in [0.2, 0.25) is 0 Å². The molecule has 1 aliphatic rings. The van der Waals surface area contributed by atoms with Gasteiger partial charge in [-0.25, -0.2) is 0 Å². The van der Waals surface area contributed by atoms with Crippen LogP contribution < -0.4 is 16.4 Å². The molecule has 0 aliphatic heterocycles. The molecule has 134 valence electrons. The van der Waals surface area contributed by atoms with Gasteiger partial charge < -0.3 is 16.4 Å². The Labute approximate surface area is 157 Å². The largest absolute Gasteiger partial charge is 0.349 e. The van der Waals surface area contributed by atoms with E-state index in [2.05, 4.69) is 10.6 Å². The molecule has 2 aromatic rings. The van der Waals surface area contributed by atoms with Crippen LogP contribution in [-0.2, 0) is 0 Å². The van der Waals surface area contributed by atoms with Crippen LogP contribution in [0.4, 0.5) is 5.69 Å². The Balaban J connectivity index is 0.00000225. The number of carbonyl (C=O) groups is 2. The van der Waals surface area contributed by atoms with Gasteiger partial charge in [0.05, 0.1) is 16.8 Å².